The Labute approximate surface area is 73.9 Å². The third-order valence-electron chi connectivity index (χ3n) is 0.700. The molecule has 2 N–H and O–H groups in total. The standard InChI is InChI=1S/C6H10O7/c7-1-2-10-11-3-4-12-13-5-6(8)9/h1-2,7H,3-5H2,(H,8,9)/b2-1+. The SMILES string of the molecule is O=C(O)COOCCOO/C=C/O. The molecule has 0 unspecified atom stereocenters. The average Bonchev–Trinajstić information content (AvgIpc) is 2.09. The number of aliphatic hydroxyl groups excluding tert-OH is 1. The summed E-state index contributed by atoms with van der Waals surface area (Å²) in [6.07, 6.45) is 1.57. The van der Waals surface area contributed by atoms with Crippen LogP contribution in [0.5, 0.6) is 0 Å². The van der Waals surface area contributed by atoms with E-state index in [2.05, 4.69) is 19.6 Å². The van der Waals surface area contributed by atoms with Gasteiger partial charge < -0.3 is 15.1 Å². The Morgan fingerprint density at radius 2 is 1.92 bits per heavy atom. The van der Waals surface area contributed by atoms with E-state index in [1.807, 2.05) is 0 Å². The van der Waals surface area contributed by atoms with E-state index in [1.165, 1.54) is 0 Å². The second kappa shape index (κ2) is 8.78. The molecule has 0 amide bonds. The van der Waals surface area contributed by atoms with Crippen molar-refractivity contribution in [2.45, 2.75) is 0 Å². The molecular formula is C6H10O7. The Hall–Kier alpha value is -1.31. The van der Waals surface area contributed by atoms with Gasteiger partial charge in [0.2, 0.25) is 0 Å². The van der Waals surface area contributed by atoms with Crippen molar-refractivity contribution in [2.24, 2.45) is 0 Å². The zero-order valence-electron chi connectivity index (χ0n) is 6.71. The maximum absolute atomic E-state index is 9.88. The fourth-order valence-corrected chi connectivity index (χ4v) is 0.331. The van der Waals surface area contributed by atoms with Crippen molar-refractivity contribution in [2.75, 3.05) is 19.8 Å². The van der Waals surface area contributed by atoms with E-state index >= 15 is 0 Å². The molecule has 0 aromatic carbocycles. The first kappa shape index (κ1) is 11.7. The Bertz CT molecular complexity index is 155. The number of hydrogen-bond donors (Lipinski definition) is 2. The molecule has 0 aromatic rings. The van der Waals surface area contributed by atoms with Gasteiger partial charge in [-0.05, 0) is 0 Å². The first-order chi connectivity index (χ1) is 6.27. The fourth-order valence-electron chi connectivity index (χ4n) is 0.331. The van der Waals surface area contributed by atoms with Crippen LogP contribution in [0.4, 0.5) is 0 Å². The Balaban J connectivity index is 2.95. The number of aliphatic hydroxyl groups is 1. The summed E-state index contributed by atoms with van der Waals surface area (Å²) < 4.78 is 0. The normalized spacial score (nSPS) is 10.5. The van der Waals surface area contributed by atoms with Gasteiger partial charge in [0.25, 0.3) is 0 Å². The largest absolute Gasteiger partial charge is 0.512 e. The molecule has 0 aliphatic carbocycles. The van der Waals surface area contributed by atoms with Crippen LogP contribution < -0.4 is 0 Å². The maximum atomic E-state index is 9.88. The molecule has 0 fully saturated rings. The highest BCUT2D eigenvalue weighted by Crippen LogP contribution is 1.83. The molecule has 0 aromatic heterocycles. The summed E-state index contributed by atoms with van der Waals surface area (Å²) in [5.41, 5.74) is 0. The molecule has 0 spiro atoms. The van der Waals surface area contributed by atoms with Crippen molar-refractivity contribution in [3.8, 4) is 0 Å². The molecule has 0 bridgehead atoms. The van der Waals surface area contributed by atoms with Crippen LogP contribution in [0.3, 0.4) is 0 Å². The predicted octanol–water partition coefficient (Wildman–Crippen LogP) is -0.00340. The first-order valence-corrected chi connectivity index (χ1v) is 3.31. The molecule has 0 aliphatic rings. The first-order valence-electron chi connectivity index (χ1n) is 3.31. The molecular weight excluding hydrogens is 184 g/mol. The predicted molar refractivity (Wildman–Crippen MR) is 38.3 cm³/mol. The lowest BCUT2D eigenvalue weighted by Crippen LogP contribution is -2.10. The van der Waals surface area contributed by atoms with E-state index < -0.39 is 12.6 Å². The molecule has 0 aliphatic heterocycles. The number of hydrogen-bond acceptors (Lipinski definition) is 6. The second-order valence-corrected chi connectivity index (χ2v) is 1.68. The second-order valence-electron chi connectivity index (χ2n) is 1.68. The van der Waals surface area contributed by atoms with Gasteiger partial charge in [-0.3, -0.25) is 0 Å². The summed E-state index contributed by atoms with van der Waals surface area (Å²) in [6.45, 7) is -0.464. The quantitative estimate of drug-likeness (QED) is 0.243. The van der Waals surface area contributed by atoms with Crippen LogP contribution in [0.1, 0.15) is 0 Å². The smallest absolute Gasteiger partial charge is 0.333 e. The monoisotopic (exact) mass is 194 g/mol. The van der Waals surface area contributed by atoms with Gasteiger partial charge in [-0.15, -0.1) is 0 Å². The van der Waals surface area contributed by atoms with Crippen LogP contribution in [0.25, 0.3) is 0 Å². The highest BCUT2D eigenvalue weighted by molar-refractivity contribution is 5.67. The topological polar surface area (TPSA) is 94.5 Å². The lowest BCUT2D eigenvalue weighted by molar-refractivity contribution is -0.322. The van der Waals surface area contributed by atoms with Crippen molar-refractivity contribution >= 4 is 5.97 Å². The third kappa shape index (κ3) is 10.7. The Morgan fingerprint density at radius 1 is 1.23 bits per heavy atom. The highest BCUT2D eigenvalue weighted by atomic mass is 17.2. The number of carboxylic acids is 1. The summed E-state index contributed by atoms with van der Waals surface area (Å²) in [4.78, 5) is 27.0. The Morgan fingerprint density at radius 3 is 2.54 bits per heavy atom. The van der Waals surface area contributed by atoms with Crippen molar-refractivity contribution in [1.29, 1.82) is 0 Å². The molecule has 7 heteroatoms. The van der Waals surface area contributed by atoms with Gasteiger partial charge in [0.1, 0.15) is 19.5 Å². The molecule has 7 nitrogen and oxygen atoms in total. The van der Waals surface area contributed by atoms with Gasteiger partial charge in [-0.2, -0.15) is 4.89 Å². The molecule has 76 valence electrons. The van der Waals surface area contributed by atoms with Crippen molar-refractivity contribution in [1.82, 2.24) is 0 Å². The summed E-state index contributed by atoms with van der Waals surface area (Å²) >= 11 is 0. The zero-order valence-corrected chi connectivity index (χ0v) is 6.71. The van der Waals surface area contributed by atoms with Crippen LogP contribution >= 0.6 is 0 Å². The third-order valence-corrected chi connectivity index (χ3v) is 0.700. The van der Waals surface area contributed by atoms with E-state index in [-0.39, 0.29) is 13.2 Å². The van der Waals surface area contributed by atoms with Crippen molar-refractivity contribution < 1.29 is 34.6 Å². The summed E-state index contributed by atoms with van der Waals surface area (Å²) in [5, 5.41) is 16.1. The molecule has 0 radical (unpaired) electrons. The summed E-state index contributed by atoms with van der Waals surface area (Å²) in [6, 6.07) is 0. The molecule has 0 rings (SSSR count). The summed E-state index contributed by atoms with van der Waals surface area (Å²) in [5.74, 6) is -1.12. The highest BCUT2D eigenvalue weighted by Gasteiger charge is 1.96. The minimum absolute atomic E-state index is 0.0204. The van der Waals surface area contributed by atoms with E-state index in [9.17, 15) is 4.79 Å². The van der Waals surface area contributed by atoms with Gasteiger partial charge in [0.15, 0.2) is 12.9 Å². The zero-order chi connectivity index (χ0) is 9.94. The van der Waals surface area contributed by atoms with Crippen LogP contribution in [0.2, 0.25) is 0 Å². The van der Waals surface area contributed by atoms with Gasteiger partial charge in [0.05, 0.1) is 0 Å². The lowest BCUT2D eigenvalue weighted by atomic mass is 10.8. The molecule has 0 heterocycles. The van der Waals surface area contributed by atoms with Crippen molar-refractivity contribution in [3.63, 3.8) is 0 Å². The minimum Gasteiger partial charge on any atom is -0.512 e. The van der Waals surface area contributed by atoms with E-state index in [4.69, 9.17) is 10.2 Å². The number of carboxylic acid groups (broad SMARTS) is 1. The molecule has 0 saturated heterocycles. The van der Waals surface area contributed by atoms with Crippen LogP contribution in [0.15, 0.2) is 12.5 Å². The molecule has 13 heavy (non-hydrogen) atoms. The minimum atomic E-state index is -1.12. The molecule has 0 saturated carbocycles. The average molecular weight is 194 g/mol. The van der Waals surface area contributed by atoms with Crippen LogP contribution in [-0.4, -0.2) is 36.0 Å². The fraction of sp³-hybridized carbons (Fsp3) is 0.500. The number of carbonyl (C=O) groups is 1. The number of aliphatic carboxylic acids is 1. The Kier molecular flexibility index (Phi) is 7.90. The number of rotatable bonds is 8. The van der Waals surface area contributed by atoms with Gasteiger partial charge >= 0.3 is 5.97 Å². The van der Waals surface area contributed by atoms with Gasteiger partial charge in [-0.25, -0.2) is 14.6 Å². The van der Waals surface area contributed by atoms with Crippen LogP contribution in [0, 0.1) is 0 Å². The van der Waals surface area contributed by atoms with E-state index in [0.29, 0.717) is 6.26 Å². The lowest BCUT2D eigenvalue weighted by Gasteiger charge is -2.00. The van der Waals surface area contributed by atoms with Crippen LogP contribution in [-0.2, 0) is 24.3 Å². The molecule has 0 atom stereocenters. The van der Waals surface area contributed by atoms with Crippen molar-refractivity contribution in [3.05, 3.63) is 12.5 Å². The maximum Gasteiger partial charge on any atom is 0.333 e. The van der Waals surface area contributed by atoms with E-state index in [0.717, 1.165) is 6.26 Å². The van der Waals surface area contributed by atoms with E-state index in [1.54, 1.807) is 0 Å². The van der Waals surface area contributed by atoms with Gasteiger partial charge in [-0.1, -0.05) is 0 Å². The van der Waals surface area contributed by atoms with Gasteiger partial charge in [0, 0.05) is 0 Å². The summed E-state index contributed by atoms with van der Waals surface area (Å²) in [7, 11) is 0.